The zero-order valence-corrected chi connectivity index (χ0v) is 45.2. The third-order valence-corrected chi connectivity index (χ3v) is 15.9. The number of carboxylic acids is 1. The number of likely N-dealkylation sites (tertiary alicyclic amines) is 1. The molecule has 0 bridgehead atoms. The summed E-state index contributed by atoms with van der Waals surface area (Å²) in [6.07, 6.45) is 12.3. The van der Waals surface area contributed by atoms with Gasteiger partial charge in [0.15, 0.2) is 0 Å². The van der Waals surface area contributed by atoms with Crippen molar-refractivity contribution in [3.8, 4) is 0 Å². The predicted molar refractivity (Wildman–Crippen MR) is 298 cm³/mol. The van der Waals surface area contributed by atoms with E-state index in [0.717, 1.165) is 104 Å². The number of aliphatic hydroxyl groups excluding tert-OH is 1. The normalized spacial score (nSPS) is 16.7. The second-order valence-electron chi connectivity index (χ2n) is 17.6. The van der Waals surface area contributed by atoms with E-state index in [1.807, 2.05) is 124 Å². The number of thioether (sulfide) groups is 1. The van der Waals surface area contributed by atoms with Gasteiger partial charge in [0.1, 0.15) is 4.90 Å². The topological polar surface area (TPSA) is 129 Å². The number of aliphatic carboxylic acids is 1. The van der Waals surface area contributed by atoms with E-state index in [2.05, 4.69) is 63.4 Å². The van der Waals surface area contributed by atoms with Gasteiger partial charge < -0.3 is 39.9 Å². The number of allylic oxidation sites excluding steroid dienone is 5. The highest BCUT2D eigenvalue weighted by atomic mass is 32.2. The lowest BCUT2D eigenvalue weighted by Gasteiger charge is -2.37. The number of alkyl halides is 3. The zero-order valence-electron chi connectivity index (χ0n) is 42.7. The number of nitrogens with zero attached hydrogens (tertiary/aromatic N) is 4. The third kappa shape index (κ3) is 17.0. The average Bonchev–Trinajstić information content (AvgIpc) is 3.61. The number of piperazine rings is 1. The van der Waals surface area contributed by atoms with E-state index in [1.165, 1.54) is 17.8 Å². The minimum Gasteiger partial charge on any atom is -0.478 e. The Labute approximate surface area is 439 Å². The number of halogens is 3. The van der Waals surface area contributed by atoms with E-state index in [1.54, 1.807) is 6.07 Å². The van der Waals surface area contributed by atoms with Crippen molar-refractivity contribution in [2.75, 3.05) is 91.5 Å². The smallest absolute Gasteiger partial charge is 0.478 e. The number of hydrogen-bond donors (Lipinski definition) is 4. The van der Waals surface area contributed by atoms with Crippen molar-refractivity contribution in [2.45, 2.75) is 73.8 Å². The minimum atomic E-state index is -5.62. The third-order valence-electron chi connectivity index (χ3n) is 12.5. The number of nitrogens with one attached hydrogen (secondary N) is 2. The molecule has 3 aliphatic rings. The number of benzene rings is 4. The summed E-state index contributed by atoms with van der Waals surface area (Å²) >= 11 is 2.53. The number of carbonyl (C=O) groups is 1. The lowest BCUT2D eigenvalue weighted by atomic mass is 9.96. The number of sulfone groups is 1. The average molecular weight is 1060 g/mol. The van der Waals surface area contributed by atoms with Gasteiger partial charge >= 0.3 is 11.5 Å². The number of rotatable bonds is 18. The fraction of sp³-hybridized carbons (Fsp3) is 0.375. The molecule has 2 saturated heterocycles. The molecule has 1 aliphatic carbocycles. The van der Waals surface area contributed by atoms with Gasteiger partial charge in [0, 0.05) is 97.7 Å². The summed E-state index contributed by atoms with van der Waals surface area (Å²) in [7, 11) is -3.73. The second-order valence-corrected chi connectivity index (χ2v) is 21.5. The lowest BCUT2D eigenvalue weighted by Crippen LogP contribution is -2.46. The molecule has 0 saturated carbocycles. The van der Waals surface area contributed by atoms with Crippen LogP contribution >= 0.6 is 23.7 Å². The molecule has 73 heavy (non-hydrogen) atoms. The number of aliphatic hydroxyl groups is 1. The Bertz CT molecular complexity index is 2660. The SMILES string of the molecule is C=C(/C(C(=O)O)=C(/C)N(C)CC1=CC=CC(C)C=C1)c1cccc(N2CCN(c3ccc(NSc4ccc(NCCSc5ccccc5)c(S(=O)(=O)C(F)(F)F)c4)cc3)CC2)c1.CC.CCN1CCC(O)CC1. The summed E-state index contributed by atoms with van der Waals surface area (Å²) < 4.78 is 69.5. The highest BCUT2D eigenvalue weighted by Crippen LogP contribution is 2.38. The van der Waals surface area contributed by atoms with Crippen molar-refractivity contribution < 1.29 is 36.6 Å². The maximum Gasteiger partial charge on any atom is 0.501 e. The van der Waals surface area contributed by atoms with Crippen LogP contribution in [0.3, 0.4) is 0 Å². The van der Waals surface area contributed by atoms with Crippen LogP contribution in [0, 0.1) is 5.92 Å². The Kier molecular flexibility index (Phi) is 22.5. The molecule has 11 nitrogen and oxygen atoms in total. The van der Waals surface area contributed by atoms with Crippen molar-refractivity contribution >= 4 is 67.8 Å². The zero-order chi connectivity index (χ0) is 53.1. The van der Waals surface area contributed by atoms with Crippen LogP contribution in [0.1, 0.15) is 53.0 Å². The quantitative estimate of drug-likeness (QED) is 0.0248. The molecule has 4 aromatic carbocycles. The Morgan fingerprint density at radius 3 is 2.15 bits per heavy atom. The van der Waals surface area contributed by atoms with Crippen LogP contribution in [-0.2, 0) is 14.6 Å². The molecule has 0 amide bonds. The first-order chi connectivity index (χ1) is 34.9. The molecule has 2 aliphatic heterocycles. The summed E-state index contributed by atoms with van der Waals surface area (Å²) in [6, 6.07) is 29.0. The van der Waals surface area contributed by atoms with E-state index in [9.17, 15) is 31.5 Å². The van der Waals surface area contributed by atoms with Gasteiger partial charge in [-0.2, -0.15) is 13.2 Å². The number of likely N-dealkylation sites (N-methyl/N-ethyl adjacent to an activating group) is 1. The minimum absolute atomic E-state index is 0.0206. The lowest BCUT2D eigenvalue weighted by molar-refractivity contribution is -0.132. The molecule has 2 heterocycles. The van der Waals surface area contributed by atoms with Crippen LogP contribution in [0.4, 0.5) is 35.9 Å². The van der Waals surface area contributed by atoms with Crippen molar-refractivity contribution in [3.05, 3.63) is 156 Å². The summed E-state index contributed by atoms with van der Waals surface area (Å²) in [6.45, 7) is 21.4. The van der Waals surface area contributed by atoms with E-state index in [4.69, 9.17) is 5.11 Å². The van der Waals surface area contributed by atoms with Crippen molar-refractivity contribution in [1.29, 1.82) is 0 Å². The molecule has 1 atom stereocenters. The summed E-state index contributed by atoms with van der Waals surface area (Å²) in [5.74, 6) is -0.179. The van der Waals surface area contributed by atoms with Gasteiger partial charge in [0.05, 0.1) is 17.4 Å². The number of anilines is 4. The van der Waals surface area contributed by atoms with Crippen molar-refractivity contribution in [1.82, 2.24) is 9.80 Å². The summed E-state index contributed by atoms with van der Waals surface area (Å²) in [4.78, 5) is 21.9. The molecule has 394 valence electrons. The van der Waals surface area contributed by atoms with Crippen LogP contribution in [0.2, 0.25) is 0 Å². The first kappa shape index (κ1) is 58.3. The second kappa shape index (κ2) is 28.2. The highest BCUT2D eigenvalue weighted by Gasteiger charge is 2.48. The van der Waals surface area contributed by atoms with Gasteiger partial charge in [-0.05, 0) is 128 Å². The van der Waals surface area contributed by atoms with Gasteiger partial charge in [0.25, 0.3) is 9.84 Å². The maximum atomic E-state index is 13.7. The van der Waals surface area contributed by atoms with Crippen LogP contribution in [0.5, 0.6) is 0 Å². The maximum absolute atomic E-state index is 13.7. The molecule has 0 aromatic heterocycles. The summed E-state index contributed by atoms with van der Waals surface area (Å²) in [5.41, 5.74) is 0.149. The molecule has 17 heteroatoms. The molecule has 7 rings (SSSR count). The van der Waals surface area contributed by atoms with E-state index in [0.29, 0.717) is 40.1 Å². The van der Waals surface area contributed by atoms with Gasteiger partial charge in [-0.15, -0.1) is 11.8 Å². The molecule has 2 fully saturated rings. The molecule has 4 N–H and O–H groups in total. The van der Waals surface area contributed by atoms with Gasteiger partial charge in [-0.1, -0.05) is 95.0 Å². The molecule has 0 spiro atoms. The Morgan fingerprint density at radius 2 is 1.52 bits per heavy atom. The first-order valence-corrected chi connectivity index (χ1v) is 28.0. The fourth-order valence-corrected chi connectivity index (χ4v) is 10.7. The predicted octanol–water partition coefficient (Wildman–Crippen LogP) is 12.1. The van der Waals surface area contributed by atoms with Crippen LogP contribution < -0.4 is 19.8 Å². The van der Waals surface area contributed by atoms with E-state index in [-0.39, 0.29) is 23.9 Å². The molecule has 1 unspecified atom stereocenters. The monoisotopic (exact) mass is 1060 g/mol. The molecule has 4 aromatic rings. The van der Waals surface area contributed by atoms with Crippen molar-refractivity contribution in [3.63, 3.8) is 0 Å². The highest BCUT2D eigenvalue weighted by molar-refractivity contribution is 8.00. The van der Waals surface area contributed by atoms with Crippen LogP contribution in [0.25, 0.3) is 5.57 Å². The van der Waals surface area contributed by atoms with Gasteiger partial charge in [-0.3, -0.25) is 0 Å². The van der Waals surface area contributed by atoms with E-state index < -0.39 is 26.2 Å². The Balaban J connectivity index is 0.000000802. The fourth-order valence-electron chi connectivity index (χ4n) is 8.22. The molecular weight excluding hydrogens is 990 g/mol. The standard InChI is InChI=1S/C47H50F3N5O4S3.C7H15NO.C2H6/c1-33-10-8-11-36(17-16-33)32-53(4)35(3)45(46(56)57)34(2)37-12-9-13-40(30-37)55-27-25-54(26-28-55)39-20-18-38(19-21-39)52-61-42-22-23-43(44(31-42)62(58,59)47(48,49)50)51-24-29-60-41-14-6-5-7-15-41;1-2-8-5-3-7(9)4-6-8;1-2/h5-23,30-31,33,51-52H,2,24-29,32H2,1,3-4H3,(H,56,57);7,9H,2-6H2,1H3;1-2H3/b45-35+;;. The van der Waals surface area contributed by atoms with Gasteiger partial charge in [-0.25, -0.2) is 13.2 Å². The van der Waals surface area contributed by atoms with Crippen LogP contribution in [0.15, 0.2) is 166 Å². The van der Waals surface area contributed by atoms with E-state index >= 15 is 0 Å². The van der Waals surface area contributed by atoms with Crippen molar-refractivity contribution in [2.24, 2.45) is 5.92 Å². The van der Waals surface area contributed by atoms with Crippen LogP contribution in [-0.4, -0.2) is 118 Å². The molecular formula is C56H71F3N6O5S3. The van der Waals surface area contributed by atoms with Gasteiger partial charge in [0.2, 0.25) is 0 Å². The first-order valence-electron chi connectivity index (χ1n) is 24.7. The number of carboxylic acid groups (broad SMARTS) is 1. The number of piperidine rings is 1. The molecule has 0 radical (unpaired) electrons. The Hall–Kier alpha value is -5.59. The summed E-state index contributed by atoms with van der Waals surface area (Å²) in [5, 5.41) is 22.3. The Morgan fingerprint density at radius 1 is 0.863 bits per heavy atom. The largest absolute Gasteiger partial charge is 0.501 e. The number of hydrogen-bond acceptors (Lipinski definition) is 12.